The maximum absolute atomic E-state index is 12.9. The first-order valence-corrected chi connectivity index (χ1v) is 12.3. The van der Waals surface area contributed by atoms with Gasteiger partial charge in [-0.1, -0.05) is 23.9 Å². The topological polar surface area (TPSA) is 242 Å². The molecule has 5 N–H and O–H groups in total. The Balaban J connectivity index is 1.56. The molecule has 0 aliphatic carbocycles. The van der Waals surface area contributed by atoms with Gasteiger partial charge in [0.15, 0.2) is 6.10 Å². The Bertz CT molecular complexity index is 1300. The highest BCUT2D eigenvalue weighted by molar-refractivity contribution is 8.01. The molecule has 194 valence electrons. The quantitative estimate of drug-likeness (QED) is 0.108. The van der Waals surface area contributed by atoms with Gasteiger partial charge < -0.3 is 20.6 Å². The molecule has 2 amide bonds. The summed E-state index contributed by atoms with van der Waals surface area (Å²) < 4.78 is 0. The monoisotopic (exact) mass is 551 g/mol. The van der Waals surface area contributed by atoms with Crippen molar-refractivity contribution in [2.24, 2.45) is 0 Å². The predicted octanol–water partition coefficient (Wildman–Crippen LogP) is -0.484. The van der Waals surface area contributed by atoms with Gasteiger partial charge in [-0.25, -0.2) is 4.79 Å². The van der Waals surface area contributed by atoms with Crippen LogP contribution >= 0.6 is 23.5 Å². The molecule has 0 saturated carbocycles. The number of H-pyrrole nitrogens is 1. The summed E-state index contributed by atoms with van der Waals surface area (Å²) >= 11 is 1.96. The first kappa shape index (κ1) is 26.0. The maximum Gasteiger partial charge on any atom is 0.352 e. The number of hydrogen-bond donors (Lipinski definition) is 5. The smallest absolute Gasteiger partial charge is 0.352 e. The molecule has 3 heterocycles. The van der Waals surface area contributed by atoms with Crippen LogP contribution in [0.5, 0.6) is 0 Å². The summed E-state index contributed by atoms with van der Waals surface area (Å²) in [6.45, 7) is 0. The number of nitro benzene ring substituents is 1. The maximum atomic E-state index is 12.9. The zero-order valence-corrected chi connectivity index (χ0v) is 20.0. The molecule has 1 aromatic heterocycles. The number of carbonyl (C=O) groups excluding carboxylic acids is 2. The van der Waals surface area contributed by atoms with Crippen molar-refractivity contribution in [3.8, 4) is 0 Å². The normalized spacial score (nSPS) is 20.5. The van der Waals surface area contributed by atoms with Crippen LogP contribution < -0.4 is 5.32 Å². The van der Waals surface area contributed by atoms with Crippen LogP contribution in [0.25, 0.3) is 0 Å². The third-order valence-corrected chi connectivity index (χ3v) is 7.92. The number of hydrogen-bond acceptors (Lipinski definition) is 12. The van der Waals surface area contributed by atoms with Crippen molar-refractivity contribution in [1.29, 1.82) is 0 Å². The molecule has 4 atom stereocenters. The lowest BCUT2D eigenvalue weighted by molar-refractivity contribution is -0.386. The standard InChI is InChI=1S/C19H17N7O9S2/c27-11(28)5-10(37-19-21-23-24-22-19)8-6-36-17-12(16(31)25(17)13(8)18(32)33)20-15(30)14(29)7-3-1-2-4-9(7)26(34)35/h1-4,10,12,14,17,29H,5-6H2,(H,20,30)(H,27,28)(H,32,33)(H,21,22,23,24)/t10?,12?,14?,17-/m0/s1. The van der Waals surface area contributed by atoms with Crippen molar-refractivity contribution in [2.45, 2.75) is 34.3 Å². The number of thioether (sulfide) groups is 2. The minimum absolute atomic E-state index is 0.0119. The average molecular weight is 552 g/mol. The van der Waals surface area contributed by atoms with Gasteiger partial charge in [0, 0.05) is 17.1 Å². The number of rotatable bonds is 10. The Morgan fingerprint density at radius 1 is 1.32 bits per heavy atom. The molecular weight excluding hydrogens is 534 g/mol. The van der Waals surface area contributed by atoms with Gasteiger partial charge in [-0.3, -0.25) is 29.4 Å². The number of amides is 2. The molecule has 1 saturated heterocycles. The number of β-lactam (4-membered cyclic amide) rings is 1. The first-order valence-electron chi connectivity index (χ1n) is 10.3. The number of benzene rings is 1. The fraction of sp³-hybridized carbons (Fsp3) is 0.316. The fourth-order valence-corrected chi connectivity index (χ4v) is 6.40. The second-order valence-electron chi connectivity index (χ2n) is 7.69. The Kier molecular flexibility index (Phi) is 7.41. The molecular formula is C19H17N7O9S2. The van der Waals surface area contributed by atoms with Crippen LogP contribution in [0.4, 0.5) is 5.69 Å². The lowest BCUT2D eigenvalue weighted by Gasteiger charge is -2.50. The van der Waals surface area contributed by atoms with E-state index in [-0.39, 0.29) is 22.0 Å². The fourth-order valence-electron chi connectivity index (χ4n) is 3.87. The molecule has 1 fully saturated rings. The Labute approximate surface area is 214 Å². The van der Waals surface area contributed by atoms with E-state index in [1.54, 1.807) is 0 Å². The van der Waals surface area contributed by atoms with E-state index in [9.17, 15) is 44.6 Å². The van der Waals surface area contributed by atoms with E-state index in [4.69, 9.17) is 0 Å². The minimum atomic E-state index is -1.95. The zero-order chi connectivity index (χ0) is 26.9. The Morgan fingerprint density at radius 3 is 2.68 bits per heavy atom. The molecule has 4 rings (SSSR count). The number of nitrogens with zero attached hydrogens (tertiary/aromatic N) is 5. The number of aliphatic carboxylic acids is 2. The van der Waals surface area contributed by atoms with Crippen molar-refractivity contribution < 1.29 is 39.4 Å². The van der Waals surface area contributed by atoms with E-state index in [1.165, 1.54) is 18.2 Å². The first-order chi connectivity index (χ1) is 17.6. The van der Waals surface area contributed by atoms with E-state index >= 15 is 0 Å². The molecule has 18 heteroatoms. The molecule has 2 aliphatic heterocycles. The van der Waals surface area contributed by atoms with Gasteiger partial charge in [0.25, 0.3) is 17.5 Å². The van der Waals surface area contributed by atoms with E-state index < -0.39 is 69.3 Å². The number of carbonyl (C=O) groups is 4. The number of tetrazole rings is 1. The van der Waals surface area contributed by atoms with Gasteiger partial charge in [-0.15, -0.1) is 22.0 Å². The van der Waals surface area contributed by atoms with Crippen molar-refractivity contribution in [3.05, 3.63) is 51.2 Å². The Hall–Kier alpha value is -4.03. The van der Waals surface area contributed by atoms with Crippen LogP contribution in [0.15, 0.2) is 40.7 Å². The van der Waals surface area contributed by atoms with Crippen LogP contribution in [0, 0.1) is 10.1 Å². The van der Waals surface area contributed by atoms with Gasteiger partial charge in [-0.05, 0) is 16.9 Å². The summed E-state index contributed by atoms with van der Waals surface area (Å²) in [7, 11) is 0. The van der Waals surface area contributed by atoms with Gasteiger partial charge >= 0.3 is 11.9 Å². The summed E-state index contributed by atoms with van der Waals surface area (Å²) in [6.07, 6.45) is -2.44. The van der Waals surface area contributed by atoms with Gasteiger partial charge in [0.2, 0.25) is 5.16 Å². The number of aromatic nitrogens is 4. The summed E-state index contributed by atoms with van der Waals surface area (Å²) in [5.41, 5.74) is -1.01. The molecule has 37 heavy (non-hydrogen) atoms. The largest absolute Gasteiger partial charge is 0.481 e. The highest BCUT2D eigenvalue weighted by Gasteiger charge is 2.55. The predicted molar refractivity (Wildman–Crippen MR) is 124 cm³/mol. The Morgan fingerprint density at radius 2 is 2.05 bits per heavy atom. The third kappa shape index (κ3) is 5.11. The lowest BCUT2D eigenvalue weighted by atomic mass is 9.99. The molecule has 2 aliphatic rings. The summed E-state index contributed by atoms with van der Waals surface area (Å²) in [4.78, 5) is 60.6. The second kappa shape index (κ2) is 10.5. The third-order valence-electron chi connectivity index (χ3n) is 5.50. The number of aromatic amines is 1. The highest BCUT2D eigenvalue weighted by Crippen LogP contribution is 2.44. The number of aliphatic hydroxyl groups is 1. The number of nitrogens with one attached hydrogen (secondary N) is 2. The molecule has 16 nitrogen and oxygen atoms in total. The molecule has 1 aromatic carbocycles. The SMILES string of the molecule is O=C(O)CC(Sc1nn[nH]n1)C1=C(C(=O)O)N2C(=O)C(NC(=O)C(O)c3ccccc3[N+](=O)[O-])[C@@H]2SC1. The number of nitro groups is 1. The van der Waals surface area contributed by atoms with Crippen LogP contribution in [0.3, 0.4) is 0 Å². The van der Waals surface area contributed by atoms with Crippen molar-refractivity contribution in [3.63, 3.8) is 0 Å². The van der Waals surface area contributed by atoms with E-state index in [1.807, 2.05) is 0 Å². The van der Waals surface area contributed by atoms with Crippen LogP contribution in [0.1, 0.15) is 18.1 Å². The molecule has 2 aromatic rings. The number of para-hydroxylation sites is 1. The van der Waals surface area contributed by atoms with Crippen LogP contribution in [-0.4, -0.2) is 91.9 Å². The highest BCUT2D eigenvalue weighted by atomic mass is 32.2. The molecule has 0 bridgehead atoms. The molecule has 3 unspecified atom stereocenters. The van der Waals surface area contributed by atoms with Crippen LogP contribution in [0.2, 0.25) is 0 Å². The van der Waals surface area contributed by atoms with Crippen molar-refractivity contribution in [1.82, 2.24) is 30.8 Å². The van der Waals surface area contributed by atoms with Gasteiger partial charge in [0.05, 0.1) is 16.9 Å². The number of carboxylic acid groups (broad SMARTS) is 2. The second-order valence-corrected chi connectivity index (χ2v) is 9.97. The summed E-state index contributed by atoms with van der Waals surface area (Å²) in [6, 6.07) is 3.87. The van der Waals surface area contributed by atoms with E-state index in [0.717, 1.165) is 34.5 Å². The number of fused-ring (bicyclic) bond motifs is 1. The average Bonchev–Trinajstić information content (AvgIpc) is 3.38. The van der Waals surface area contributed by atoms with Crippen molar-refractivity contribution >= 4 is 53.0 Å². The minimum Gasteiger partial charge on any atom is -0.481 e. The zero-order valence-electron chi connectivity index (χ0n) is 18.4. The number of aliphatic hydroxyl groups excluding tert-OH is 1. The van der Waals surface area contributed by atoms with Crippen LogP contribution in [-0.2, 0) is 19.2 Å². The molecule has 0 spiro atoms. The lowest BCUT2D eigenvalue weighted by Crippen LogP contribution is -2.71. The van der Waals surface area contributed by atoms with Crippen molar-refractivity contribution in [2.75, 3.05) is 5.75 Å². The number of carboxylic acids is 2. The summed E-state index contributed by atoms with van der Waals surface area (Å²) in [5, 5.41) is 54.6. The van der Waals surface area contributed by atoms with E-state index in [2.05, 4.69) is 25.9 Å². The van der Waals surface area contributed by atoms with Gasteiger partial charge in [-0.2, -0.15) is 5.21 Å². The van der Waals surface area contributed by atoms with E-state index in [0.29, 0.717) is 0 Å². The van der Waals surface area contributed by atoms with Gasteiger partial charge in [0.1, 0.15) is 17.1 Å². The summed E-state index contributed by atoms with van der Waals surface area (Å²) in [5.74, 6) is -4.54. The molecule has 0 radical (unpaired) electrons.